The molecule has 0 unspecified atom stereocenters. The second-order valence-electron chi connectivity index (χ2n) is 4.48. The number of carbonyl (C=O) groups is 3. The number of benzene rings is 1. The Balaban J connectivity index is 2.13. The van der Waals surface area contributed by atoms with Crippen LogP contribution in [0, 0.1) is 6.92 Å². The molecule has 5 nitrogen and oxygen atoms in total. The molecule has 6 heteroatoms. The van der Waals surface area contributed by atoms with E-state index in [0.29, 0.717) is 4.91 Å². The highest BCUT2D eigenvalue weighted by atomic mass is 32.2. The lowest BCUT2D eigenvalue weighted by Gasteiger charge is -2.10. The molecule has 0 radical (unpaired) electrons. The van der Waals surface area contributed by atoms with Crippen molar-refractivity contribution >= 4 is 35.0 Å². The number of carbonyl (C=O) groups excluding carboxylic acids is 3. The van der Waals surface area contributed by atoms with Crippen LogP contribution in [0.4, 0.5) is 4.79 Å². The molecule has 0 spiro atoms. The number of nitrogens with zero attached hydrogens (tertiary/aromatic N) is 1. The van der Waals surface area contributed by atoms with Crippen molar-refractivity contribution in [2.75, 3.05) is 13.2 Å². The van der Waals surface area contributed by atoms with Gasteiger partial charge in [-0.1, -0.05) is 29.8 Å². The SMILES string of the molecule is CCOC(=O)CN1C(=O)S/C(=C\c2ccc(C)cc2)C1=O. The quantitative estimate of drug-likeness (QED) is 0.632. The molecule has 21 heavy (non-hydrogen) atoms. The Bertz CT molecular complexity index is 607. The maximum Gasteiger partial charge on any atom is 0.326 e. The van der Waals surface area contributed by atoms with Crippen molar-refractivity contribution in [3.63, 3.8) is 0 Å². The molecular weight excluding hydrogens is 290 g/mol. The smallest absolute Gasteiger partial charge is 0.326 e. The first-order chi connectivity index (χ1) is 10.0. The molecule has 1 aromatic carbocycles. The van der Waals surface area contributed by atoms with Crippen molar-refractivity contribution in [3.8, 4) is 0 Å². The summed E-state index contributed by atoms with van der Waals surface area (Å²) in [6.45, 7) is 3.51. The van der Waals surface area contributed by atoms with Gasteiger partial charge in [0.05, 0.1) is 11.5 Å². The summed E-state index contributed by atoms with van der Waals surface area (Å²) in [5.74, 6) is -1.05. The number of esters is 1. The second kappa shape index (κ2) is 6.58. The predicted molar refractivity (Wildman–Crippen MR) is 80.5 cm³/mol. The lowest BCUT2D eigenvalue weighted by molar-refractivity contribution is -0.145. The van der Waals surface area contributed by atoms with E-state index in [0.717, 1.165) is 27.8 Å². The summed E-state index contributed by atoms with van der Waals surface area (Å²) in [5.41, 5.74) is 1.95. The minimum absolute atomic E-state index is 0.217. The van der Waals surface area contributed by atoms with E-state index >= 15 is 0 Å². The van der Waals surface area contributed by atoms with Crippen LogP contribution < -0.4 is 0 Å². The average molecular weight is 305 g/mol. The van der Waals surface area contributed by atoms with Crippen molar-refractivity contribution in [2.24, 2.45) is 0 Å². The number of hydrogen-bond donors (Lipinski definition) is 0. The number of imide groups is 1. The topological polar surface area (TPSA) is 63.7 Å². The molecular formula is C15H15NO4S. The summed E-state index contributed by atoms with van der Waals surface area (Å²) in [6, 6.07) is 7.59. The highest BCUT2D eigenvalue weighted by molar-refractivity contribution is 8.18. The van der Waals surface area contributed by atoms with E-state index in [4.69, 9.17) is 4.74 Å². The predicted octanol–water partition coefficient (Wildman–Crippen LogP) is 2.59. The van der Waals surface area contributed by atoms with Crippen LogP contribution in [0.3, 0.4) is 0 Å². The minimum atomic E-state index is -0.587. The average Bonchev–Trinajstić information content (AvgIpc) is 2.69. The fourth-order valence-electron chi connectivity index (χ4n) is 1.79. The summed E-state index contributed by atoms with van der Waals surface area (Å²) >= 11 is 0.832. The van der Waals surface area contributed by atoms with E-state index in [1.54, 1.807) is 13.0 Å². The van der Waals surface area contributed by atoms with Gasteiger partial charge in [-0.05, 0) is 37.2 Å². The van der Waals surface area contributed by atoms with Gasteiger partial charge in [-0.25, -0.2) is 0 Å². The molecule has 0 aliphatic carbocycles. The third-order valence-corrected chi connectivity index (χ3v) is 3.75. The van der Waals surface area contributed by atoms with Gasteiger partial charge in [-0.15, -0.1) is 0 Å². The molecule has 1 aliphatic rings. The van der Waals surface area contributed by atoms with Gasteiger partial charge >= 0.3 is 5.97 Å². The molecule has 1 heterocycles. The van der Waals surface area contributed by atoms with Gasteiger partial charge in [0.1, 0.15) is 6.54 Å². The summed E-state index contributed by atoms with van der Waals surface area (Å²) < 4.78 is 4.75. The van der Waals surface area contributed by atoms with Gasteiger partial charge in [0.15, 0.2) is 0 Å². The molecule has 0 saturated carbocycles. The highest BCUT2D eigenvalue weighted by Gasteiger charge is 2.36. The van der Waals surface area contributed by atoms with Crippen molar-refractivity contribution in [3.05, 3.63) is 40.3 Å². The number of thioether (sulfide) groups is 1. The maximum absolute atomic E-state index is 12.1. The zero-order valence-electron chi connectivity index (χ0n) is 11.8. The van der Waals surface area contributed by atoms with Crippen molar-refractivity contribution in [1.82, 2.24) is 4.90 Å². The van der Waals surface area contributed by atoms with Crippen LogP contribution >= 0.6 is 11.8 Å². The molecule has 2 amide bonds. The van der Waals surface area contributed by atoms with Crippen LogP contribution in [0.15, 0.2) is 29.2 Å². The van der Waals surface area contributed by atoms with E-state index in [-0.39, 0.29) is 13.2 Å². The van der Waals surface area contributed by atoms with Crippen LogP contribution in [0.2, 0.25) is 0 Å². The molecule has 1 aromatic rings. The van der Waals surface area contributed by atoms with E-state index in [1.165, 1.54) is 0 Å². The fraction of sp³-hybridized carbons (Fsp3) is 0.267. The first kappa shape index (κ1) is 15.3. The summed E-state index contributed by atoms with van der Waals surface area (Å²) in [4.78, 5) is 36.5. The first-order valence-electron chi connectivity index (χ1n) is 6.49. The normalized spacial score (nSPS) is 16.7. The third kappa shape index (κ3) is 3.72. The minimum Gasteiger partial charge on any atom is -0.465 e. The standard InChI is InChI=1S/C15H15NO4S/c1-3-20-13(17)9-16-14(18)12(21-15(16)19)8-11-6-4-10(2)5-7-11/h4-8H,3,9H2,1-2H3/b12-8-. The van der Waals surface area contributed by atoms with Crippen molar-refractivity contribution in [2.45, 2.75) is 13.8 Å². The van der Waals surface area contributed by atoms with E-state index in [1.807, 2.05) is 31.2 Å². The van der Waals surface area contributed by atoms with Crippen molar-refractivity contribution in [1.29, 1.82) is 0 Å². The zero-order valence-corrected chi connectivity index (χ0v) is 12.6. The number of rotatable bonds is 4. The Hall–Kier alpha value is -2.08. The van der Waals surface area contributed by atoms with Crippen molar-refractivity contribution < 1.29 is 19.1 Å². The lowest BCUT2D eigenvalue weighted by Crippen LogP contribution is -2.34. The summed E-state index contributed by atoms with van der Waals surface area (Å²) in [6.07, 6.45) is 1.65. The van der Waals surface area contributed by atoms with Crippen LogP contribution in [0.1, 0.15) is 18.1 Å². The Morgan fingerprint density at radius 1 is 1.29 bits per heavy atom. The molecule has 1 fully saturated rings. The molecule has 1 aliphatic heterocycles. The Morgan fingerprint density at radius 3 is 2.57 bits per heavy atom. The second-order valence-corrected chi connectivity index (χ2v) is 5.48. The van der Waals surface area contributed by atoms with E-state index in [9.17, 15) is 14.4 Å². The molecule has 0 aromatic heterocycles. The number of hydrogen-bond acceptors (Lipinski definition) is 5. The van der Waals surface area contributed by atoms with Crippen LogP contribution in [-0.2, 0) is 14.3 Å². The van der Waals surface area contributed by atoms with Gasteiger partial charge in [0, 0.05) is 0 Å². The summed E-state index contributed by atoms with van der Waals surface area (Å²) in [5, 5.41) is -0.452. The Morgan fingerprint density at radius 2 is 1.95 bits per heavy atom. The van der Waals surface area contributed by atoms with Crippen LogP contribution in [0.5, 0.6) is 0 Å². The lowest BCUT2D eigenvalue weighted by atomic mass is 10.1. The maximum atomic E-state index is 12.1. The van der Waals surface area contributed by atoms with Crippen LogP contribution in [-0.4, -0.2) is 35.2 Å². The zero-order chi connectivity index (χ0) is 15.4. The largest absolute Gasteiger partial charge is 0.465 e. The van der Waals surface area contributed by atoms with Gasteiger partial charge < -0.3 is 4.74 Å². The molecule has 2 rings (SSSR count). The van der Waals surface area contributed by atoms with Gasteiger partial charge in [0.25, 0.3) is 11.1 Å². The van der Waals surface area contributed by atoms with Gasteiger partial charge in [-0.2, -0.15) is 0 Å². The Kier molecular flexibility index (Phi) is 4.80. The number of aryl methyl sites for hydroxylation is 1. The van der Waals surface area contributed by atoms with Crippen LogP contribution in [0.25, 0.3) is 6.08 Å². The highest BCUT2D eigenvalue weighted by Crippen LogP contribution is 2.32. The number of amides is 2. The monoisotopic (exact) mass is 305 g/mol. The molecule has 0 N–H and O–H groups in total. The molecule has 1 saturated heterocycles. The summed E-state index contributed by atoms with van der Waals surface area (Å²) in [7, 11) is 0. The molecule has 0 bridgehead atoms. The van der Waals surface area contributed by atoms with Gasteiger partial charge in [-0.3, -0.25) is 19.3 Å². The molecule has 0 atom stereocenters. The third-order valence-electron chi connectivity index (χ3n) is 2.84. The van der Waals surface area contributed by atoms with Gasteiger partial charge in [0.2, 0.25) is 0 Å². The molecule has 110 valence electrons. The Labute approximate surface area is 127 Å². The van der Waals surface area contributed by atoms with E-state index < -0.39 is 17.1 Å². The fourth-order valence-corrected chi connectivity index (χ4v) is 2.62. The van der Waals surface area contributed by atoms with E-state index in [2.05, 4.69) is 0 Å². The number of ether oxygens (including phenoxy) is 1. The first-order valence-corrected chi connectivity index (χ1v) is 7.30.